The van der Waals surface area contributed by atoms with Gasteiger partial charge in [-0.3, -0.25) is 9.59 Å². The Morgan fingerprint density at radius 3 is 2.78 bits per heavy atom. The van der Waals surface area contributed by atoms with Gasteiger partial charge in [-0.2, -0.15) is 0 Å². The molecule has 190 valence electrons. The monoisotopic (exact) mass is 493 g/mol. The molecule has 1 saturated carbocycles. The fourth-order valence-electron chi connectivity index (χ4n) is 4.64. The number of amides is 2. The van der Waals surface area contributed by atoms with E-state index in [9.17, 15) is 14.7 Å². The molecule has 10 heteroatoms. The maximum absolute atomic E-state index is 13.3. The standard InChI is InChI=1S/C26H31N5O5/c1-4-21(33)31-10-18(19(32)11-31)30-26(34)22-14(2)29-25-23(27-13-28-24(22)25)17-8-7-16(35-3)9-20(17)36-12-15-5-6-15/h7-9,13,15,18-19,29,32H,4-6,10-12H2,1-3H3,(H,30,34)/t18-,19+/m1/s1. The molecule has 1 saturated heterocycles. The number of nitrogens with zero attached hydrogens (tertiary/aromatic N) is 3. The zero-order chi connectivity index (χ0) is 25.4. The third-order valence-electron chi connectivity index (χ3n) is 6.87. The second-order valence-electron chi connectivity index (χ2n) is 9.49. The molecule has 1 aromatic carbocycles. The Labute approximate surface area is 209 Å². The molecule has 3 aromatic rings. The molecule has 3 N–H and O–H groups in total. The van der Waals surface area contributed by atoms with Crippen LogP contribution in [0, 0.1) is 12.8 Å². The summed E-state index contributed by atoms with van der Waals surface area (Å²) in [6.45, 7) is 4.69. The smallest absolute Gasteiger partial charge is 0.255 e. The van der Waals surface area contributed by atoms with Crippen molar-refractivity contribution < 1.29 is 24.2 Å². The molecule has 0 unspecified atom stereocenters. The highest BCUT2D eigenvalue weighted by molar-refractivity contribution is 6.09. The van der Waals surface area contributed by atoms with Crippen LogP contribution >= 0.6 is 0 Å². The number of hydrogen-bond acceptors (Lipinski definition) is 7. The van der Waals surface area contributed by atoms with Gasteiger partial charge < -0.3 is 29.8 Å². The van der Waals surface area contributed by atoms with E-state index in [4.69, 9.17) is 9.47 Å². The van der Waals surface area contributed by atoms with Crippen molar-refractivity contribution >= 4 is 22.8 Å². The fraction of sp³-hybridized carbons (Fsp3) is 0.462. The van der Waals surface area contributed by atoms with Gasteiger partial charge in [-0.05, 0) is 37.8 Å². The number of hydrogen-bond donors (Lipinski definition) is 3. The Morgan fingerprint density at radius 1 is 1.25 bits per heavy atom. The summed E-state index contributed by atoms with van der Waals surface area (Å²) in [7, 11) is 1.61. The van der Waals surface area contributed by atoms with Crippen molar-refractivity contribution in [1.82, 2.24) is 25.2 Å². The number of β-amino-alcohol motifs (C(OH)–C–C–N with tert-alkyl or cyclic N) is 1. The quantitative estimate of drug-likeness (QED) is 0.439. The number of H-pyrrole nitrogens is 1. The van der Waals surface area contributed by atoms with Crippen LogP contribution in [0.1, 0.15) is 42.2 Å². The predicted molar refractivity (Wildman–Crippen MR) is 133 cm³/mol. The number of rotatable bonds is 8. The first kappa shape index (κ1) is 24.1. The van der Waals surface area contributed by atoms with Crippen LogP contribution in [-0.2, 0) is 4.79 Å². The highest BCUT2D eigenvalue weighted by Gasteiger charge is 2.35. The summed E-state index contributed by atoms with van der Waals surface area (Å²) in [5, 5.41) is 13.3. The van der Waals surface area contributed by atoms with Crippen molar-refractivity contribution in [1.29, 1.82) is 0 Å². The number of aromatic amines is 1. The molecule has 5 rings (SSSR count). The van der Waals surface area contributed by atoms with Crippen molar-refractivity contribution in [2.75, 3.05) is 26.8 Å². The minimum absolute atomic E-state index is 0.0503. The molecule has 1 aliphatic heterocycles. The summed E-state index contributed by atoms with van der Waals surface area (Å²) in [6.07, 6.45) is 3.30. The molecule has 0 spiro atoms. The Kier molecular flexibility index (Phi) is 6.53. The van der Waals surface area contributed by atoms with Gasteiger partial charge in [0, 0.05) is 36.8 Å². The van der Waals surface area contributed by atoms with E-state index >= 15 is 0 Å². The van der Waals surface area contributed by atoms with Gasteiger partial charge in [-0.15, -0.1) is 0 Å². The van der Waals surface area contributed by atoms with Gasteiger partial charge in [0.05, 0.1) is 36.9 Å². The van der Waals surface area contributed by atoms with Crippen LogP contribution < -0.4 is 14.8 Å². The number of likely N-dealkylation sites (tertiary alicyclic amines) is 1. The van der Waals surface area contributed by atoms with Crippen molar-refractivity contribution in [3.8, 4) is 22.8 Å². The highest BCUT2D eigenvalue weighted by Crippen LogP contribution is 2.38. The summed E-state index contributed by atoms with van der Waals surface area (Å²) in [5.74, 6) is 1.51. The van der Waals surface area contributed by atoms with Gasteiger partial charge >= 0.3 is 0 Å². The molecule has 2 atom stereocenters. The van der Waals surface area contributed by atoms with E-state index in [2.05, 4.69) is 20.3 Å². The number of benzene rings is 1. The van der Waals surface area contributed by atoms with Crippen molar-refractivity contribution in [2.45, 2.75) is 45.3 Å². The highest BCUT2D eigenvalue weighted by atomic mass is 16.5. The Morgan fingerprint density at radius 2 is 2.06 bits per heavy atom. The molecule has 2 aliphatic rings. The van der Waals surface area contributed by atoms with E-state index in [1.165, 1.54) is 19.2 Å². The number of carbonyl (C=O) groups is 2. The van der Waals surface area contributed by atoms with Crippen LogP contribution in [0.25, 0.3) is 22.3 Å². The maximum Gasteiger partial charge on any atom is 0.255 e. The van der Waals surface area contributed by atoms with Gasteiger partial charge in [0.1, 0.15) is 29.0 Å². The molecule has 0 radical (unpaired) electrons. The number of aryl methyl sites for hydroxylation is 1. The number of ether oxygens (including phenoxy) is 2. The van der Waals surface area contributed by atoms with Crippen LogP contribution in [-0.4, -0.2) is 75.7 Å². The van der Waals surface area contributed by atoms with E-state index in [1.54, 1.807) is 25.9 Å². The van der Waals surface area contributed by atoms with Crippen LogP contribution in [0.15, 0.2) is 24.5 Å². The number of aliphatic hydroxyl groups excluding tert-OH is 1. The van der Waals surface area contributed by atoms with E-state index in [1.807, 2.05) is 18.2 Å². The lowest BCUT2D eigenvalue weighted by Crippen LogP contribution is -2.43. The fourth-order valence-corrected chi connectivity index (χ4v) is 4.64. The zero-order valence-electron chi connectivity index (χ0n) is 20.7. The van der Waals surface area contributed by atoms with Crippen molar-refractivity contribution in [2.24, 2.45) is 5.92 Å². The van der Waals surface area contributed by atoms with Gasteiger partial charge in [-0.1, -0.05) is 6.92 Å². The third-order valence-corrected chi connectivity index (χ3v) is 6.87. The SMILES string of the molecule is CCC(=O)N1C[C@H](O)[C@H](NC(=O)c2c(C)[nH]c3c(-c4ccc(OC)cc4OCC4CC4)ncnc23)C1. The minimum Gasteiger partial charge on any atom is -0.497 e. The molecular formula is C26H31N5O5. The van der Waals surface area contributed by atoms with Crippen molar-refractivity contribution in [3.63, 3.8) is 0 Å². The number of aliphatic hydroxyl groups is 1. The van der Waals surface area contributed by atoms with E-state index in [-0.39, 0.29) is 24.9 Å². The van der Waals surface area contributed by atoms with Gasteiger partial charge in [0.15, 0.2) is 0 Å². The number of nitrogens with one attached hydrogen (secondary N) is 2. The lowest BCUT2D eigenvalue weighted by atomic mass is 10.1. The summed E-state index contributed by atoms with van der Waals surface area (Å²) < 4.78 is 11.5. The molecule has 1 aliphatic carbocycles. The lowest BCUT2D eigenvalue weighted by molar-refractivity contribution is -0.130. The Bertz CT molecular complexity index is 1300. The number of fused-ring (bicyclic) bond motifs is 1. The average molecular weight is 494 g/mol. The first-order chi connectivity index (χ1) is 17.4. The summed E-state index contributed by atoms with van der Waals surface area (Å²) in [4.78, 5) is 39.2. The zero-order valence-corrected chi connectivity index (χ0v) is 20.7. The second kappa shape index (κ2) is 9.77. The minimum atomic E-state index is -0.828. The molecular weight excluding hydrogens is 462 g/mol. The Hall–Kier alpha value is -3.66. The van der Waals surface area contributed by atoms with Gasteiger partial charge in [-0.25, -0.2) is 9.97 Å². The largest absolute Gasteiger partial charge is 0.497 e. The normalized spacial score (nSPS) is 19.5. The van der Waals surface area contributed by atoms with Crippen LogP contribution in [0.3, 0.4) is 0 Å². The molecule has 10 nitrogen and oxygen atoms in total. The summed E-state index contributed by atoms with van der Waals surface area (Å²) in [6, 6.07) is 5.04. The van der Waals surface area contributed by atoms with Crippen molar-refractivity contribution in [3.05, 3.63) is 35.8 Å². The predicted octanol–water partition coefficient (Wildman–Crippen LogP) is 2.44. The number of aromatic nitrogens is 3. The molecule has 2 aromatic heterocycles. The molecule has 0 bridgehead atoms. The topological polar surface area (TPSA) is 130 Å². The van der Waals surface area contributed by atoms with Crippen LogP contribution in [0.4, 0.5) is 0 Å². The maximum atomic E-state index is 13.3. The first-order valence-corrected chi connectivity index (χ1v) is 12.3. The number of methoxy groups -OCH3 is 1. The molecule has 3 heterocycles. The summed E-state index contributed by atoms with van der Waals surface area (Å²) >= 11 is 0. The molecule has 2 fully saturated rings. The van der Waals surface area contributed by atoms with Gasteiger partial charge in [0.25, 0.3) is 5.91 Å². The molecule has 2 amide bonds. The van der Waals surface area contributed by atoms with E-state index < -0.39 is 12.1 Å². The van der Waals surface area contributed by atoms with Crippen LogP contribution in [0.2, 0.25) is 0 Å². The number of carbonyl (C=O) groups excluding carboxylic acids is 2. The third kappa shape index (κ3) is 4.60. The second-order valence-corrected chi connectivity index (χ2v) is 9.49. The Balaban J connectivity index is 1.46. The average Bonchev–Trinajstić information content (AvgIpc) is 3.55. The van der Waals surface area contributed by atoms with E-state index in [0.717, 1.165) is 5.56 Å². The lowest BCUT2D eigenvalue weighted by Gasteiger charge is -2.16. The summed E-state index contributed by atoms with van der Waals surface area (Å²) in [5.41, 5.74) is 3.51. The van der Waals surface area contributed by atoms with Crippen LogP contribution in [0.5, 0.6) is 11.5 Å². The van der Waals surface area contributed by atoms with Gasteiger partial charge in [0.2, 0.25) is 5.91 Å². The first-order valence-electron chi connectivity index (χ1n) is 12.3. The molecule has 36 heavy (non-hydrogen) atoms. The van der Waals surface area contributed by atoms with E-state index in [0.29, 0.717) is 58.4 Å².